The van der Waals surface area contributed by atoms with E-state index in [2.05, 4.69) is 15.5 Å². The zero-order chi connectivity index (χ0) is 18.7. The molecule has 7 nitrogen and oxygen atoms in total. The van der Waals surface area contributed by atoms with E-state index in [1.54, 1.807) is 0 Å². The molecule has 0 N–H and O–H groups in total. The fourth-order valence-electron chi connectivity index (χ4n) is 2.36. The van der Waals surface area contributed by atoms with Crippen molar-refractivity contribution in [2.75, 3.05) is 6.61 Å². The zero-order valence-corrected chi connectivity index (χ0v) is 13.5. The molecule has 0 atom stereocenters. The monoisotopic (exact) mass is 366 g/mol. The summed E-state index contributed by atoms with van der Waals surface area (Å²) in [6, 6.07) is 8.03. The maximum absolute atomic E-state index is 13.2. The van der Waals surface area contributed by atoms with Gasteiger partial charge in [-0.15, -0.1) is 5.10 Å². The Labute approximate surface area is 145 Å². The van der Waals surface area contributed by atoms with Crippen molar-refractivity contribution >= 4 is 5.97 Å². The summed E-state index contributed by atoms with van der Waals surface area (Å²) in [6.07, 6.45) is -4.50. The van der Waals surface area contributed by atoms with Crippen LogP contribution in [0.1, 0.15) is 12.5 Å². The van der Waals surface area contributed by atoms with Gasteiger partial charge in [0.2, 0.25) is 5.82 Å². The van der Waals surface area contributed by atoms with Crippen molar-refractivity contribution in [3.8, 4) is 22.9 Å². The molecule has 0 aliphatic heterocycles. The van der Waals surface area contributed by atoms with Crippen molar-refractivity contribution in [2.24, 2.45) is 0 Å². The van der Waals surface area contributed by atoms with Crippen molar-refractivity contribution in [1.82, 2.24) is 20.2 Å². The van der Waals surface area contributed by atoms with E-state index in [1.165, 1.54) is 41.9 Å². The highest BCUT2D eigenvalue weighted by molar-refractivity contribution is 5.66. The lowest BCUT2D eigenvalue weighted by Gasteiger charge is -2.10. The maximum Gasteiger partial charge on any atom is 0.417 e. The predicted octanol–water partition coefficient (Wildman–Crippen LogP) is 3.18. The molecule has 0 saturated carbocycles. The molecule has 0 aliphatic carbocycles. The van der Waals surface area contributed by atoms with Crippen LogP contribution in [0.5, 0.6) is 0 Å². The van der Waals surface area contributed by atoms with Gasteiger partial charge in [0.05, 0.1) is 12.1 Å². The normalized spacial score (nSPS) is 11.5. The number of ether oxygens (including phenoxy) is 1. The number of hydrogen-bond donors (Lipinski definition) is 0. The first kappa shape index (κ1) is 17.6. The molecule has 3 aromatic rings. The van der Waals surface area contributed by atoms with Crippen LogP contribution in [-0.2, 0) is 22.3 Å². The summed E-state index contributed by atoms with van der Waals surface area (Å²) in [6.45, 7) is 1.51. The molecule has 26 heavy (non-hydrogen) atoms. The van der Waals surface area contributed by atoms with Crippen LogP contribution in [0.3, 0.4) is 0 Å². The molecule has 0 amide bonds. The van der Waals surface area contributed by atoms with Gasteiger partial charge in [0, 0.05) is 12.5 Å². The van der Waals surface area contributed by atoms with Crippen LogP contribution in [0.2, 0.25) is 0 Å². The lowest BCUT2D eigenvalue weighted by atomic mass is 10.1. The molecule has 0 saturated heterocycles. The molecule has 0 aliphatic rings. The molecule has 3 rings (SSSR count). The van der Waals surface area contributed by atoms with Crippen molar-refractivity contribution in [2.45, 2.75) is 19.6 Å². The minimum atomic E-state index is -4.50. The average Bonchev–Trinajstić information content (AvgIpc) is 3.22. The van der Waals surface area contributed by atoms with Gasteiger partial charge in [-0.05, 0) is 28.6 Å². The van der Waals surface area contributed by atoms with Gasteiger partial charge in [-0.2, -0.15) is 13.2 Å². The Hall–Kier alpha value is -3.17. The van der Waals surface area contributed by atoms with Crippen LogP contribution in [0.15, 0.2) is 40.8 Å². The Morgan fingerprint density at radius 1 is 1.19 bits per heavy atom. The quantitative estimate of drug-likeness (QED) is 0.645. The van der Waals surface area contributed by atoms with E-state index in [0.717, 1.165) is 6.07 Å². The summed E-state index contributed by atoms with van der Waals surface area (Å²) in [4.78, 5) is 10.8. The van der Waals surface area contributed by atoms with E-state index in [9.17, 15) is 18.0 Å². The van der Waals surface area contributed by atoms with E-state index >= 15 is 0 Å². The van der Waals surface area contributed by atoms with Gasteiger partial charge >= 0.3 is 12.1 Å². The highest BCUT2D eigenvalue weighted by Gasteiger charge is 2.34. The third-order valence-corrected chi connectivity index (χ3v) is 3.46. The minimum Gasteiger partial charge on any atom is -0.464 e. The third kappa shape index (κ3) is 3.73. The smallest absolute Gasteiger partial charge is 0.417 e. The zero-order valence-electron chi connectivity index (χ0n) is 13.5. The van der Waals surface area contributed by atoms with Gasteiger partial charge in [-0.25, -0.2) is 4.68 Å². The Kier molecular flexibility index (Phi) is 4.74. The van der Waals surface area contributed by atoms with Crippen LogP contribution in [-0.4, -0.2) is 32.8 Å². The highest BCUT2D eigenvalue weighted by Crippen LogP contribution is 2.38. The predicted molar refractivity (Wildman–Crippen MR) is 82.6 cm³/mol. The molecule has 0 unspecified atom stereocenters. The molecule has 0 fully saturated rings. The summed E-state index contributed by atoms with van der Waals surface area (Å²) in [7, 11) is 0. The summed E-state index contributed by atoms with van der Waals surface area (Å²) in [5.41, 5.74) is -0.875. The molecule has 2 heterocycles. The van der Waals surface area contributed by atoms with Gasteiger partial charge in [0.1, 0.15) is 12.4 Å². The van der Waals surface area contributed by atoms with Crippen LogP contribution in [0.25, 0.3) is 22.9 Å². The number of alkyl halides is 3. The molecule has 10 heteroatoms. The van der Waals surface area contributed by atoms with Crippen molar-refractivity contribution in [1.29, 1.82) is 0 Å². The van der Waals surface area contributed by atoms with Crippen LogP contribution >= 0.6 is 0 Å². The summed E-state index contributed by atoms with van der Waals surface area (Å²) in [5, 5.41) is 11.1. The number of hydrogen-bond acceptors (Lipinski definition) is 6. The number of rotatable bonds is 5. The van der Waals surface area contributed by atoms with Gasteiger partial charge in [-0.3, -0.25) is 4.79 Å². The first-order valence-electron chi connectivity index (χ1n) is 7.52. The summed E-state index contributed by atoms with van der Waals surface area (Å²) < 4.78 is 51.2. The fraction of sp³-hybridized carbons (Fsp3) is 0.250. The number of aromatic nitrogens is 4. The molecule has 0 radical (unpaired) electrons. The standard InChI is InChI=1S/C16H13F3N4O3/c1-10(24)25-9-8-23-15(20-21-22-23)14-7-6-13(26-14)11-4-2-3-5-12(11)16(17,18)19/h2-7H,8-9H2,1H3. The van der Waals surface area contributed by atoms with Crippen LogP contribution < -0.4 is 0 Å². The number of carbonyl (C=O) groups is 1. The SMILES string of the molecule is CC(=O)OCCn1nnnc1-c1ccc(-c2ccccc2C(F)(F)F)o1. The maximum atomic E-state index is 13.2. The van der Waals surface area contributed by atoms with Crippen molar-refractivity contribution < 1.29 is 27.1 Å². The second kappa shape index (κ2) is 6.98. The lowest BCUT2D eigenvalue weighted by molar-refractivity contribution is -0.141. The van der Waals surface area contributed by atoms with Gasteiger partial charge < -0.3 is 9.15 Å². The Bertz CT molecular complexity index is 917. The second-order valence-electron chi connectivity index (χ2n) is 5.27. The first-order chi connectivity index (χ1) is 12.4. The third-order valence-electron chi connectivity index (χ3n) is 3.46. The van der Waals surface area contributed by atoms with Gasteiger partial charge in [-0.1, -0.05) is 18.2 Å². The van der Waals surface area contributed by atoms with Gasteiger partial charge in [0.15, 0.2) is 5.76 Å². The first-order valence-corrected chi connectivity index (χ1v) is 7.52. The molecular weight excluding hydrogens is 353 g/mol. The van der Waals surface area contributed by atoms with E-state index in [1.807, 2.05) is 0 Å². The van der Waals surface area contributed by atoms with Gasteiger partial charge in [0.25, 0.3) is 0 Å². The molecule has 2 aromatic heterocycles. The average molecular weight is 366 g/mol. The second-order valence-corrected chi connectivity index (χ2v) is 5.27. The minimum absolute atomic E-state index is 0.0439. The molecule has 0 bridgehead atoms. The Balaban J connectivity index is 1.89. The fourth-order valence-corrected chi connectivity index (χ4v) is 2.36. The number of furan rings is 1. The van der Waals surface area contributed by atoms with Crippen LogP contribution in [0.4, 0.5) is 13.2 Å². The number of esters is 1. The Morgan fingerprint density at radius 2 is 1.92 bits per heavy atom. The summed E-state index contributed by atoms with van der Waals surface area (Å²) >= 11 is 0. The number of benzene rings is 1. The van der Waals surface area contributed by atoms with Crippen LogP contribution in [0, 0.1) is 0 Å². The van der Waals surface area contributed by atoms with E-state index in [0.29, 0.717) is 0 Å². The largest absolute Gasteiger partial charge is 0.464 e. The van der Waals surface area contributed by atoms with E-state index < -0.39 is 17.7 Å². The van der Waals surface area contributed by atoms with E-state index in [4.69, 9.17) is 9.15 Å². The number of nitrogens with zero attached hydrogens (tertiary/aromatic N) is 4. The van der Waals surface area contributed by atoms with Crippen molar-refractivity contribution in [3.05, 3.63) is 42.0 Å². The molecule has 0 spiro atoms. The van der Waals surface area contributed by atoms with E-state index in [-0.39, 0.29) is 36.1 Å². The molecule has 1 aromatic carbocycles. The number of halogens is 3. The molecule has 136 valence electrons. The number of carbonyl (C=O) groups excluding carboxylic acids is 1. The summed E-state index contributed by atoms with van der Waals surface area (Å²) in [5.74, 6) is 0.0174. The lowest BCUT2D eigenvalue weighted by Crippen LogP contribution is -2.11. The highest BCUT2D eigenvalue weighted by atomic mass is 19.4. The topological polar surface area (TPSA) is 83.0 Å². The van der Waals surface area contributed by atoms with Crippen molar-refractivity contribution in [3.63, 3.8) is 0 Å². The Morgan fingerprint density at radius 3 is 2.65 bits per heavy atom. The molecular formula is C16H13F3N4O3. The number of tetrazole rings is 1.